The van der Waals surface area contributed by atoms with E-state index in [1.807, 2.05) is 64.1 Å². The average Bonchev–Trinajstić information content (AvgIpc) is 3.41. The maximum absolute atomic E-state index is 12.9. The van der Waals surface area contributed by atoms with E-state index >= 15 is 0 Å². The number of hydrazone groups is 1. The summed E-state index contributed by atoms with van der Waals surface area (Å²) in [6.07, 6.45) is 4.05. The molecule has 2 N–H and O–H groups in total. The summed E-state index contributed by atoms with van der Waals surface area (Å²) in [6.45, 7) is 7.88. The first-order chi connectivity index (χ1) is 17.3. The molecular weight excluding hydrogens is 454 g/mol. The highest BCUT2D eigenvalue weighted by Crippen LogP contribution is 2.31. The minimum absolute atomic E-state index is 0.160. The predicted molar refractivity (Wildman–Crippen MR) is 140 cm³/mol. The number of benzene rings is 2. The Morgan fingerprint density at radius 3 is 2.67 bits per heavy atom. The third-order valence-corrected chi connectivity index (χ3v) is 6.82. The Hall–Kier alpha value is -4.13. The van der Waals surface area contributed by atoms with Crippen LogP contribution < -0.4 is 10.7 Å². The number of anilines is 1. The van der Waals surface area contributed by atoms with E-state index in [9.17, 15) is 9.59 Å². The zero-order chi connectivity index (χ0) is 25.4. The van der Waals surface area contributed by atoms with Gasteiger partial charge in [0.2, 0.25) is 5.91 Å². The smallest absolute Gasteiger partial charge is 0.291 e. The minimum atomic E-state index is -0.298. The van der Waals surface area contributed by atoms with Crippen LogP contribution in [0.1, 0.15) is 62.5 Å². The van der Waals surface area contributed by atoms with E-state index in [1.54, 1.807) is 6.26 Å². The minimum Gasteiger partial charge on any atom is -0.464 e. The van der Waals surface area contributed by atoms with E-state index < -0.39 is 0 Å². The molecule has 2 aromatic carbocycles. The van der Waals surface area contributed by atoms with E-state index in [4.69, 9.17) is 8.83 Å². The van der Waals surface area contributed by atoms with Gasteiger partial charge in [0.1, 0.15) is 11.3 Å². The molecule has 184 valence electrons. The van der Waals surface area contributed by atoms with Gasteiger partial charge in [-0.1, -0.05) is 24.3 Å². The fraction of sp³-hybridized carbons (Fsp3) is 0.276. The standard InChI is InChI=1S/C29H29N3O4/c1-16-7-5-8-21(13-16)30-29(34)28-19(4)26-23(9-6-10-24(26)36-28)31-32-25(33)14-20-15-35-27-18(3)17(2)11-12-22(20)27/h5,7-8,11-13,15H,6,9-10,14H2,1-4H3,(H,30,34)(H,32,33)/b31-23+. The number of fused-ring (bicyclic) bond motifs is 2. The summed E-state index contributed by atoms with van der Waals surface area (Å²) in [6, 6.07) is 11.6. The number of nitrogens with zero attached hydrogens (tertiary/aromatic N) is 1. The Bertz CT molecular complexity index is 1520. The highest BCUT2D eigenvalue weighted by Gasteiger charge is 2.28. The molecule has 5 rings (SSSR count). The fourth-order valence-electron chi connectivity index (χ4n) is 4.77. The average molecular weight is 484 g/mol. The first kappa shape index (κ1) is 23.6. The molecule has 36 heavy (non-hydrogen) atoms. The molecule has 0 aliphatic heterocycles. The lowest BCUT2D eigenvalue weighted by Crippen LogP contribution is -2.23. The van der Waals surface area contributed by atoms with Crippen LogP contribution in [0.4, 0.5) is 5.69 Å². The molecule has 1 aliphatic rings. The van der Waals surface area contributed by atoms with E-state index in [-0.39, 0.29) is 24.0 Å². The van der Waals surface area contributed by atoms with Crippen molar-refractivity contribution in [3.63, 3.8) is 0 Å². The van der Waals surface area contributed by atoms with Crippen molar-refractivity contribution >= 4 is 34.2 Å². The zero-order valence-electron chi connectivity index (χ0n) is 21.0. The third-order valence-electron chi connectivity index (χ3n) is 6.82. The van der Waals surface area contributed by atoms with Crippen LogP contribution in [0.3, 0.4) is 0 Å². The molecule has 0 spiro atoms. The molecule has 7 heteroatoms. The normalized spacial score (nSPS) is 14.2. The molecule has 0 atom stereocenters. The lowest BCUT2D eigenvalue weighted by Gasteiger charge is -2.13. The maximum atomic E-state index is 12.9. The molecule has 2 aromatic heterocycles. The van der Waals surface area contributed by atoms with Crippen LogP contribution in [-0.2, 0) is 17.6 Å². The van der Waals surface area contributed by atoms with Gasteiger partial charge in [0.25, 0.3) is 5.91 Å². The lowest BCUT2D eigenvalue weighted by molar-refractivity contribution is -0.120. The van der Waals surface area contributed by atoms with Crippen LogP contribution in [0.2, 0.25) is 0 Å². The largest absolute Gasteiger partial charge is 0.464 e. The van der Waals surface area contributed by atoms with Gasteiger partial charge in [0.15, 0.2) is 5.76 Å². The van der Waals surface area contributed by atoms with Crippen molar-refractivity contribution in [2.75, 3.05) is 5.32 Å². The fourth-order valence-corrected chi connectivity index (χ4v) is 4.77. The number of furan rings is 2. The molecule has 4 aromatic rings. The number of rotatable bonds is 5. The van der Waals surface area contributed by atoms with Crippen LogP contribution in [0.25, 0.3) is 11.0 Å². The van der Waals surface area contributed by atoms with Gasteiger partial charge >= 0.3 is 0 Å². The van der Waals surface area contributed by atoms with Gasteiger partial charge in [-0.2, -0.15) is 5.10 Å². The summed E-state index contributed by atoms with van der Waals surface area (Å²) in [5.74, 6) is 0.480. The molecular formula is C29H29N3O4. The Labute approximate surface area is 209 Å². The van der Waals surface area contributed by atoms with Gasteiger partial charge < -0.3 is 14.2 Å². The van der Waals surface area contributed by atoms with Gasteiger partial charge in [-0.25, -0.2) is 5.43 Å². The summed E-state index contributed by atoms with van der Waals surface area (Å²) in [5, 5.41) is 8.29. The number of hydrogen-bond donors (Lipinski definition) is 2. The first-order valence-corrected chi connectivity index (χ1v) is 12.1. The lowest BCUT2D eigenvalue weighted by atomic mass is 9.93. The zero-order valence-corrected chi connectivity index (χ0v) is 21.0. The summed E-state index contributed by atoms with van der Waals surface area (Å²) < 4.78 is 11.7. The highest BCUT2D eigenvalue weighted by atomic mass is 16.4. The number of hydrogen-bond acceptors (Lipinski definition) is 5. The molecule has 7 nitrogen and oxygen atoms in total. The van der Waals surface area contributed by atoms with Crippen molar-refractivity contribution in [3.8, 4) is 0 Å². The maximum Gasteiger partial charge on any atom is 0.291 e. The van der Waals surface area contributed by atoms with E-state index in [2.05, 4.69) is 15.8 Å². The van der Waals surface area contributed by atoms with Gasteiger partial charge in [0, 0.05) is 34.2 Å². The summed E-state index contributed by atoms with van der Waals surface area (Å²) in [5.41, 5.74) is 10.6. The SMILES string of the molecule is Cc1cccc(NC(=O)c2oc3c(c2C)/C(=N/NC(=O)Cc2coc4c(C)c(C)ccc24)CCC3)c1. The van der Waals surface area contributed by atoms with Crippen LogP contribution in [0, 0.1) is 27.7 Å². The van der Waals surface area contributed by atoms with Gasteiger partial charge in [-0.15, -0.1) is 0 Å². The molecule has 2 heterocycles. The van der Waals surface area contributed by atoms with Crippen LogP contribution >= 0.6 is 0 Å². The van der Waals surface area contributed by atoms with Gasteiger partial charge in [-0.3, -0.25) is 9.59 Å². The van der Waals surface area contributed by atoms with Crippen LogP contribution in [0.15, 0.2) is 56.6 Å². The molecule has 0 saturated carbocycles. The van der Waals surface area contributed by atoms with Gasteiger partial charge in [0.05, 0.1) is 18.4 Å². The molecule has 0 bridgehead atoms. The first-order valence-electron chi connectivity index (χ1n) is 12.1. The summed E-state index contributed by atoms with van der Waals surface area (Å²) >= 11 is 0. The number of carbonyl (C=O) groups excluding carboxylic acids is 2. The van der Waals surface area contributed by atoms with Crippen molar-refractivity contribution in [1.29, 1.82) is 0 Å². The molecule has 0 saturated heterocycles. The number of carbonyl (C=O) groups is 2. The second-order valence-corrected chi connectivity index (χ2v) is 9.45. The number of aryl methyl sites for hydroxylation is 4. The van der Waals surface area contributed by atoms with Crippen molar-refractivity contribution in [2.24, 2.45) is 5.10 Å². The summed E-state index contributed by atoms with van der Waals surface area (Å²) in [7, 11) is 0. The van der Waals surface area contributed by atoms with Crippen LogP contribution in [-0.4, -0.2) is 17.5 Å². The quantitative estimate of drug-likeness (QED) is 0.345. The van der Waals surface area contributed by atoms with Crippen molar-refractivity contribution in [3.05, 3.63) is 87.6 Å². The summed E-state index contributed by atoms with van der Waals surface area (Å²) in [4.78, 5) is 25.7. The van der Waals surface area contributed by atoms with Crippen molar-refractivity contribution < 1.29 is 18.4 Å². The Morgan fingerprint density at radius 2 is 1.86 bits per heavy atom. The monoisotopic (exact) mass is 483 g/mol. The van der Waals surface area contributed by atoms with E-state index in [0.717, 1.165) is 68.7 Å². The second kappa shape index (κ2) is 9.49. The molecule has 0 fully saturated rings. The number of nitrogens with one attached hydrogen (secondary N) is 2. The highest BCUT2D eigenvalue weighted by molar-refractivity contribution is 6.09. The Balaban J connectivity index is 1.33. The molecule has 2 amide bonds. The topological polar surface area (TPSA) is 96.8 Å². The Morgan fingerprint density at radius 1 is 1.03 bits per heavy atom. The molecule has 0 radical (unpaired) electrons. The van der Waals surface area contributed by atoms with Crippen molar-refractivity contribution in [2.45, 2.75) is 53.4 Å². The third kappa shape index (κ3) is 4.44. The molecule has 1 aliphatic carbocycles. The number of amides is 2. The van der Waals surface area contributed by atoms with Crippen molar-refractivity contribution in [1.82, 2.24) is 5.43 Å². The Kier molecular flexibility index (Phi) is 6.22. The predicted octanol–water partition coefficient (Wildman–Crippen LogP) is 5.91. The van der Waals surface area contributed by atoms with E-state index in [1.165, 1.54) is 0 Å². The van der Waals surface area contributed by atoms with Crippen LogP contribution in [0.5, 0.6) is 0 Å². The second-order valence-electron chi connectivity index (χ2n) is 9.45. The van der Waals surface area contributed by atoms with Gasteiger partial charge in [-0.05, 0) is 69.4 Å². The molecule has 0 unspecified atom stereocenters. The van der Waals surface area contributed by atoms with E-state index in [0.29, 0.717) is 12.1 Å².